The van der Waals surface area contributed by atoms with Crippen molar-refractivity contribution >= 4 is 27.6 Å². The number of likely N-dealkylation sites (N-methyl/N-ethyl adjacent to an activating group) is 1. The maximum atomic E-state index is 11.9. The van der Waals surface area contributed by atoms with Gasteiger partial charge in [0.15, 0.2) is 6.23 Å². The fourth-order valence-electron chi connectivity index (χ4n) is 5.49. The summed E-state index contributed by atoms with van der Waals surface area (Å²) in [4.78, 5) is 14.3. The van der Waals surface area contributed by atoms with E-state index in [4.69, 9.17) is 20.3 Å². The second-order valence-electron chi connectivity index (χ2n) is 10.0. The number of carbonyl (C=O) groups is 1. The van der Waals surface area contributed by atoms with E-state index in [1.807, 2.05) is 22.9 Å². The van der Waals surface area contributed by atoms with Crippen molar-refractivity contribution in [2.24, 2.45) is 5.73 Å². The minimum absolute atomic E-state index is 0.103. The first-order chi connectivity index (χ1) is 17.6. The van der Waals surface area contributed by atoms with Crippen LogP contribution >= 0.6 is 0 Å². The summed E-state index contributed by atoms with van der Waals surface area (Å²) in [5.74, 6) is 0.449. The number of nitrogens with zero attached hydrogens (tertiary/aromatic N) is 3. The molecule has 2 fully saturated rings. The molecule has 4 aromatic rings. The molecule has 36 heavy (non-hydrogen) atoms. The van der Waals surface area contributed by atoms with E-state index < -0.39 is 5.91 Å². The Morgan fingerprint density at radius 3 is 2.69 bits per heavy atom. The fraction of sp³-hybridized carbons (Fsp3) is 0.379. The summed E-state index contributed by atoms with van der Waals surface area (Å²) in [6.45, 7) is 2.60. The summed E-state index contributed by atoms with van der Waals surface area (Å²) in [5, 5.41) is 8.13. The number of rotatable bonds is 6. The van der Waals surface area contributed by atoms with Gasteiger partial charge in [0.2, 0.25) is 5.91 Å². The molecule has 2 atom stereocenters. The van der Waals surface area contributed by atoms with Crippen LogP contribution < -0.4 is 10.5 Å². The SMILES string of the molecule is CN1CCCC1COc1ccc2cc(-c3nn(C4CCCCO4)c4ccc(C(N)=O)cc34)ccc2c1. The summed E-state index contributed by atoms with van der Waals surface area (Å²) in [5.41, 5.74) is 8.84. The lowest BCUT2D eigenvalue weighted by Gasteiger charge is -2.23. The van der Waals surface area contributed by atoms with Gasteiger partial charge in [-0.2, -0.15) is 5.10 Å². The molecule has 0 radical (unpaired) electrons. The van der Waals surface area contributed by atoms with Crippen LogP contribution in [0, 0.1) is 0 Å². The van der Waals surface area contributed by atoms with Crippen LogP contribution in [0.3, 0.4) is 0 Å². The zero-order chi connectivity index (χ0) is 24.6. The molecule has 2 N–H and O–H groups in total. The molecule has 0 spiro atoms. The van der Waals surface area contributed by atoms with Crippen LogP contribution in [0.25, 0.3) is 32.9 Å². The highest BCUT2D eigenvalue weighted by molar-refractivity contribution is 6.02. The molecule has 3 aromatic carbocycles. The second kappa shape index (κ2) is 9.56. The number of aromatic nitrogens is 2. The zero-order valence-electron chi connectivity index (χ0n) is 20.7. The molecule has 7 nitrogen and oxygen atoms in total. The smallest absolute Gasteiger partial charge is 0.248 e. The van der Waals surface area contributed by atoms with Gasteiger partial charge in [0, 0.05) is 29.2 Å². The van der Waals surface area contributed by atoms with E-state index in [0.29, 0.717) is 11.6 Å². The van der Waals surface area contributed by atoms with Gasteiger partial charge in [0.05, 0.1) is 5.52 Å². The largest absolute Gasteiger partial charge is 0.492 e. The number of primary amides is 1. The fourth-order valence-corrected chi connectivity index (χ4v) is 5.49. The Hall–Kier alpha value is -3.42. The number of ether oxygens (including phenoxy) is 2. The standard InChI is InChI=1S/C29H32N4O3/c1-32-13-4-5-23(32)18-36-24-11-9-19-15-21(8-7-20(19)16-24)28-25-17-22(29(30)34)10-12-26(25)33(31-28)27-6-2-3-14-35-27/h7-12,15-17,23,27H,2-6,13-14,18H2,1H3,(H2,30,34). The number of nitrogens with two attached hydrogens (primary N) is 1. The summed E-state index contributed by atoms with van der Waals surface area (Å²) in [7, 11) is 2.17. The molecule has 6 rings (SSSR count). The van der Waals surface area contributed by atoms with Crippen molar-refractivity contribution in [1.82, 2.24) is 14.7 Å². The van der Waals surface area contributed by atoms with E-state index in [9.17, 15) is 4.79 Å². The van der Waals surface area contributed by atoms with Crippen LogP contribution in [-0.4, -0.2) is 53.4 Å². The Morgan fingerprint density at radius 1 is 1.06 bits per heavy atom. The van der Waals surface area contributed by atoms with Gasteiger partial charge in [0.1, 0.15) is 18.1 Å². The average molecular weight is 485 g/mol. The Kier molecular flexibility index (Phi) is 6.11. The monoisotopic (exact) mass is 484 g/mol. The van der Waals surface area contributed by atoms with Gasteiger partial charge in [-0.15, -0.1) is 0 Å². The van der Waals surface area contributed by atoms with Crippen molar-refractivity contribution in [3.05, 3.63) is 60.2 Å². The summed E-state index contributed by atoms with van der Waals surface area (Å²) in [6, 6.07) is 18.6. The van der Waals surface area contributed by atoms with E-state index in [1.165, 1.54) is 12.8 Å². The number of benzene rings is 3. The minimum Gasteiger partial charge on any atom is -0.492 e. The lowest BCUT2D eigenvalue weighted by Crippen LogP contribution is -2.30. The summed E-state index contributed by atoms with van der Waals surface area (Å²) >= 11 is 0. The van der Waals surface area contributed by atoms with Gasteiger partial charge >= 0.3 is 0 Å². The molecule has 2 aliphatic heterocycles. The first-order valence-electron chi connectivity index (χ1n) is 12.9. The Labute approximate surface area is 210 Å². The number of amides is 1. The molecular weight excluding hydrogens is 452 g/mol. The quantitative estimate of drug-likeness (QED) is 0.410. The molecule has 186 valence electrons. The third kappa shape index (κ3) is 4.33. The van der Waals surface area contributed by atoms with Crippen molar-refractivity contribution in [1.29, 1.82) is 0 Å². The van der Waals surface area contributed by atoms with Crippen molar-refractivity contribution in [3.8, 4) is 17.0 Å². The highest BCUT2D eigenvalue weighted by Gasteiger charge is 2.23. The zero-order valence-corrected chi connectivity index (χ0v) is 20.7. The van der Waals surface area contributed by atoms with E-state index in [0.717, 1.165) is 77.7 Å². The maximum absolute atomic E-state index is 11.9. The molecule has 1 aromatic heterocycles. The van der Waals surface area contributed by atoms with Gasteiger partial charge in [-0.1, -0.05) is 18.2 Å². The second-order valence-corrected chi connectivity index (χ2v) is 10.0. The molecular formula is C29H32N4O3. The summed E-state index contributed by atoms with van der Waals surface area (Å²) in [6.07, 6.45) is 5.43. The van der Waals surface area contributed by atoms with Crippen LogP contribution in [0.1, 0.15) is 48.7 Å². The van der Waals surface area contributed by atoms with Crippen LogP contribution in [0.5, 0.6) is 5.75 Å². The third-order valence-electron chi connectivity index (χ3n) is 7.62. The van der Waals surface area contributed by atoms with Crippen LogP contribution in [0.2, 0.25) is 0 Å². The Balaban J connectivity index is 1.35. The Bertz CT molecular complexity index is 1420. The predicted octanol–water partition coefficient (Wildman–Crippen LogP) is 5.13. The Morgan fingerprint density at radius 2 is 1.92 bits per heavy atom. The van der Waals surface area contributed by atoms with Crippen molar-refractivity contribution in [2.75, 3.05) is 26.8 Å². The first-order valence-corrected chi connectivity index (χ1v) is 12.9. The molecule has 0 bridgehead atoms. The van der Waals surface area contributed by atoms with E-state index in [-0.39, 0.29) is 6.23 Å². The number of hydrogen-bond acceptors (Lipinski definition) is 5. The summed E-state index contributed by atoms with van der Waals surface area (Å²) < 4.78 is 14.1. The highest BCUT2D eigenvalue weighted by Crippen LogP contribution is 2.35. The topological polar surface area (TPSA) is 82.6 Å². The van der Waals surface area contributed by atoms with E-state index >= 15 is 0 Å². The highest BCUT2D eigenvalue weighted by atomic mass is 16.5. The molecule has 0 aliphatic carbocycles. The van der Waals surface area contributed by atoms with Crippen molar-refractivity contribution < 1.29 is 14.3 Å². The molecule has 2 unspecified atom stereocenters. The van der Waals surface area contributed by atoms with Crippen LogP contribution in [-0.2, 0) is 4.74 Å². The van der Waals surface area contributed by atoms with Crippen molar-refractivity contribution in [2.45, 2.75) is 44.4 Å². The molecule has 1 amide bonds. The third-order valence-corrected chi connectivity index (χ3v) is 7.62. The minimum atomic E-state index is -0.445. The van der Waals surface area contributed by atoms with Gasteiger partial charge in [-0.25, -0.2) is 4.68 Å². The molecule has 0 saturated carbocycles. The molecule has 3 heterocycles. The lowest BCUT2D eigenvalue weighted by atomic mass is 10.0. The predicted molar refractivity (Wildman–Crippen MR) is 141 cm³/mol. The van der Waals surface area contributed by atoms with Crippen LogP contribution in [0.4, 0.5) is 0 Å². The number of hydrogen-bond donors (Lipinski definition) is 1. The van der Waals surface area contributed by atoms with E-state index in [1.54, 1.807) is 6.07 Å². The van der Waals surface area contributed by atoms with Gasteiger partial charge in [-0.3, -0.25) is 4.79 Å². The van der Waals surface area contributed by atoms with Gasteiger partial charge < -0.3 is 20.1 Å². The van der Waals surface area contributed by atoms with Crippen LogP contribution in [0.15, 0.2) is 54.6 Å². The number of likely N-dealkylation sites (tertiary alicyclic amines) is 1. The molecule has 2 saturated heterocycles. The average Bonchev–Trinajstić information content (AvgIpc) is 3.50. The van der Waals surface area contributed by atoms with Gasteiger partial charge in [-0.05, 0) is 92.9 Å². The van der Waals surface area contributed by atoms with Gasteiger partial charge in [0.25, 0.3) is 0 Å². The normalized spacial score (nSPS) is 20.8. The molecule has 7 heteroatoms. The number of fused-ring (bicyclic) bond motifs is 2. The molecule has 2 aliphatic rings. The van der Waals surface area contributed by atoms with E-state index in [2.05, 4.69) is 42.3 Å². The maximum Gasteiger partial charge on any atom is 0.248 e. The first kappa shape index (κ1) is 23.0. The lowest BCUT2D eigenvalue weighted by molar-refractivity contribution is -0.0365. The van der Waals surface area contributed by atoms with Crippen molar-refractivity contribution in [3.63, 3.8) is 0 Å². The number of carbonyl (C=O) groups excluding carboxylic acids is 1.